The number of rotatable bonds is 5. The number of methoxy groups -OCH3 is 1. The number of hydrogen-bond donors (Lipinski definition) is 2. The molecule has 3 N–H and O–H groups in total. The molecule has 1 unspecified atom stereocenters. The Morgan fingerprint density at radius 2 is 2.15 bits per heavy atom. The number of carbonyl (C=O) groups is 1. The van der Waals surface area contributed by atoms with Crippen LogP contribution in [0.4, 0.5) is 0 Å². The van der Waals surface area contributed by atoms with Crippen LogP contribution in [0, 0.1) is 0 Å². The van der Waals surface area contributed by atoms with Gasteiger partial charge in [0.15, 0.2) is 0 Å². The van der Waals surface area contributed by atoms with Crippen molar-refractivity contribution in [2.24, 2.45) is 5.73 Å². The van der Waals surface area contributed by atoms with Gasteiger partial charge in [-0.15, -0.1) is 12.4 Å². The highest BCUT2D eigenvalue weighted by Gasteiger charge is 2.35. The molecule has 1 saturated heterocycles. The number of ether oxygens (including phenoxy) is 1. The normalized spacial score (nSPS) is 17.7. The lowest BCUT2D eigenvalue weighted by atomic mass is 10.1. The van der Waals surface area contributed by atoms with Crippen molar-refractivity contribution in [2.45, 2.75) is 10.9 Å². The quantitative estimate of drug-likeness (QED) is 0.755. The zero-order chi connectivity index (χ0) is 18.7. The Kier molecular flexibility index (Phi) is 6.77. The summed E-state index contributed by atoms with van der Waals surface area (Å²) in [4.78, 5) is 15.7. The summed E-state index contributed by atoms with van der Waals surface area (Å²) in [6, 6.07) is 7.35. The summed E-state index contributed by atoms with van der Waals surface area (Å²) in [5, 5.41) is 3.21. The molecule has 1 amide bonds. The first kappa shape index (κ1) is 21.1. The second kappa shape index (κ2) is 8.66. The molecule has 8 nitrogen and oxygen atoms in total. The molecule has 1 aromatic carbocycles. The average Bonchev–Trinajstić information content (AvgIpc) is 2.68. The second-order valence-electron chi connectivity index (χ2n) is 5.85. The minimum atomic E-state index is -3.84. The molecule has 1 aliphatic heterocycles. The Morgan fingerprint density at radius 3 is 2.78 bits per heavy atom. The number of piperazine rings is 1. The van der Waals surface area contributed by atoms with Gasteiger partial charge >= 0.3 is 0 Å². The fourth-order valence-corrected chi connectivity index (χ4v) is 4.65. The fourth-order valence-electron chi connectivity index (χ4n) is 3.01. The van der Waals surface area contributed by atoms with Crippen molar-refractivity contribution in [1.82, 2.24) is 14.6 Å². The molecule has 1 fully saturated rings. The third-order valence-electron chi connectivity index (χ3n) is 4.31. The highest BCUT2D eigenvalue weighted by atomic mass is 35.5. The maximum Gasteiger partial charge on any atom is 0.252 e. The van der Waals surface area contributed by atoms with Crippen LogP contribution in [0.5, 0.6) is 5.75 Å². The van der Waals surface area contributed by atoms with E-state index in [9.17, 15) is 13.2 Å². The van der Waals surface area contributed by atoms with Crippen LogP contribution < -0.4 is 15.8 Å². The van der Waals surface area contributed by atoms with Gasteiger partial charge in [-0.2, -0.15) is 4.31 Å². The largest absolute Gasteiger partial charge is 0.496 e. The number of benzene rings is 1. The molecule has 2 heterocycles. The standard InChI is InChI=1S/C17H20N4O4S.ClH/c1-25-16-5-4-13(9-14(16)17(18)22)26(23,24)21-8-7-20-11-15(21)12-3-2-6-19-10-12;/h2-6,9-10,15,20H,7-8,11H2,1H3,(H2,18,22);1H. The molecule has 0 saturated carbocycles. The number of sulfonamides is 1. The minimum Gasteiger partial charge on any atom is -0.496 e. The molecule has 3 rings (SSSR count). The Morgan fingerprint density at radius 1 is 1.37 bits per heavy atom. The number of nitrogens with one attached hydrogen (secondary N) is 1. The van der Waals surface area contributed by atoms with Gasteiger partial charge in [0.25, 0.3) is 5.91 Å². The predicted molar refractivity (Wildman–Crippen MR) is 102 cm³/mol. The molecule has 1 aromatic heterocycles. The Balaban J connectivity index is 0.00000261. The average molecular weight is 413 g/mol. The van der Waals surface area contributed by atoms with E-state index in [1.807, 2.05) is 6.07 Å². The Labute approximate surface area is 164 Å². The Bertz CT molecular complexity index is 908. The highest BCUT2D eigenvalue weighted by Crippen LogP contribution is 2.30. The van der Waals surface area contributed by atoms with Crippen LogP contribution >= 0.6 is 12.4 Å². The summed E-state index contributed by atoms with van der Waals surface area (Å²) in [6.45, 7) is 1.32. The van der Waals surface area contributed by atoms with Crippen molar-refractivity contribution in [3.8, 4) is 5.75 Å². The molecular formula is C17H21ClN4O4S. The van der Waals surface area contributed by atoms with Gasteiger partial charge in [0.05, 0.1) is 23.6 Å². The lowest BCUT2D eigenvalue weighted by molar-refractivity contribution is 0.0997. The molecule has 2 aromatic rings. The number of nitrogens with two attached hydrogens (primary N) is 1. The number of aromatic nitrogens is 1. The van der Waals surface area contributed by atoms with Gasteiger partial charge in [-0.1, -0.05) is 6.07 Å². The molecule has 27 heavy (non-hydrogen) atoms. The topological polar surface area (TPSA) is 115 Å². The number of amides is 1. The van der Waals surface area contributed by atoms with E-state index in [1.165, 1.54) is 29.6 Å². The minimum absolute atomic E-state index is 0. The van der Waals surface area contributed by atoms with Crippen molar-refractivity contribution >= 4 is 28.3 Å². The van der Waals surface area contributed by atoms with E-state index in [1.54, 1.807) is 18.5 Å². The smallest absolute Gasteiger partial charge is 0.252 e. The summed E-state index contributed by atoms with van der Waals surface area (Å²) in [5.41, 5.74) is 6.18. The number of hydrogen-bond acceptors (Lipinski definition) is 6. The van der Waals surface area contributed by atoms with Crippen molar-refractivity contribution in [3.05, 3.63) is 53.9 Å². The number of primary amides is 1. The zero-order valence-corrected chi connectivity index (χ0v) is 16.3. The van der Waals surface area contributed by atoms with E-state index in [0.29, 0.717) is 19.6 Å². The van der Waals surface area contributed by atoms with Crippen LogP contribution in [0.25, 0.3) is 0 Å². The summed E-state index contributed by atoms with van der Waals surface area (Å²) >= 11 is 0. The van der Waals surface area contributed by atoms with E-state index in [4.69, 9.17) is 10.5 Å². The number of halogens is 1. The maximum absolute atomic E-state index is 13.2. The highest BCUT2D eigenvalue weighted by molar-refractivity contribution is 7.89. The molecule has 0 bridgehead atoms. The monoisotopic (exact) mass is 412 g/mol. The fraction of sp³-hybridized carbons (Fsp3) is 0.294. The van der Waals surface area contributed by atoms with Crippen LogP contribution in [0.1, 0.15) is 22.0 Å². The van der Waals surface area contributed by atoms with Gasteiger partial charge < -0.3 is 15.8 Å². The van der Waals surface area contributed by atoms with Gasteiger partial charge in [0.2, 0.25) is 10.0 Å². The van der Waals surface area contributed by atoms with Gasteiger partial charge in [0, 0.05) is 32.0 Å². The number of pyridine rings is 1. The van der Waals surface area contributed by atoms with Crippen LogP contribution in [0.3, 0.4) is 0 Å². The first-order valence-electron chi connectivity index (χ1n) is 8.05. The van der Waals surface area contributed by atoms with E-state index in [2.05, 4.69) is 10.3 Å². The van der Waals surface area contributed by atoms with Gasteiger partial charge in [-0.3, -0.25) is 9.78 Å². The second-order valence-corrected chi connectivity index (χ2v) is 7.74. The Hall–Kier alpha value is -2.20. The van der Waals surface area contributed by atoms with Gasteiger partial charge in [-0.05, 0) is 29.8 Å². The lowest BCUT2D eigenvalue weighted by Gasteiger charge is -2.35. The zero-order valence-electron chi connectivity index (χ0n) is 14.7. The summed E-state index contributed by atoms with van der Waals surface area (Å²) in [5.74, 6) is -0.511. The van der Waals surface area contributed by atoms with Crippen LogP contribution in [-0.4, -0.2) is 50.4 Å². The van der Waals surface area contributed by atoms with E-state index in [-0.39, 0.29) is 34.7 Å². The summed E-state index contributed by atoms with van der Waals surface area (Å²) in [6.07, 6.45) is 3.30. The van der Waals surface area contributed by atoms with Crippen LogP contribution in [0.2, 0.25) is 0 Å². The van der Waals surface area contributed by atoms with Gasteiger partial charge in [-0.25, -0.2) is 8.42 Å². The summed E-state index contributed by atoms with van der Waals surface area (Å²) < 4.78 is 33.0. The maximum atomic E-state index is 13.2. The van der Waals surface area contributed by atoms with E-state index < -0.39 is 15.9 Å². The van der Waals surface area contributed by atoms with Crippen molar-refractivity contribution in [2.75, 3.05) is 26.7 Å². The SMILES string of the molecule is COc1ccc(S(=O)(=O)N2CCNCC2c2cccnc2)cc1C(N)=O.Cl. The molecule has 0 radical (unpaired) electrons. The third kappa shape index (κ3) is 4.22. The molecule has 146 valence electrons. The van der Waals surface area contributed by atoms with Crippen molar-refractivity contribution in [1.29, 1.82) is 0 Å². The first-order valence-corrected chi connectivity index (χ1v) is 9.49. The molecule has 0 aliphatic carbocycles. The molecule has 10 heteroatoms. The summed E-state index contributed by atoms with van der Waals surface area (Å²) in [7, 11) is -2.44. The predicted octanol–water partition coefficient (Wildman–Crippen LogP) is 0.946. The number of carbonyl (C=O) groups excluding carboxylic acids is 1. The van der Waals surface area contributed by atoms with Crippen molar-refractivity contribution < 1.29 is 17.9 Å². The number of nitrogens with zero attached hydrogens (tertiary/aromatic N) is 2. The molecule has 1 atom stereocenters. The first-order chi connectivity index (χ1) is 12.4. The lowest BCUT2D eigenvalue weighted by Crippen LogP contribution is -2.48. The van der Waals surface area contributed by atoms with Crippen LogP contribution in [-0.2, 0) is 10.0 Å². The van der Waals surface area contributed by atoms with E-state index in [0.717, 1.165) is 5.56 Å². The van der Waals surface area contributed by atoms with Gasteiger partial charge in [0.1, 0.15) is 5.75 Å². The van der Waals surface area contributed by atoms with Crippen molar-refractivity contribution in [3.63, 3.8) is 0 Å². The molecule has 1 aliphatic rings. The molecule has 0 spiro atoms. The van der Waals surface area contributed by atoms with E-state index >= 15 is 0 Å². The third-order valence-corrected chi connectivity index (χ3v) is 6.21. The molecular weight excluding hydrogens is 392 g/mol. The van der Waals surface area contributed by atoms with Crippen LogP contribution in [0.15, 0.2) is 47.6 Å².